The first-order valence-electron chi connectivity index (χ1n) is 7.17. The molecule has 0 radical (unpaired) electrons. The minimum absolute atomic E-state index is 0.980. The van der Waals surface area contributed by atoms with Gasteiger partial charge in [-0.15, -0.1) is 5.54 Å². The highest BCUT2D eigenvalue weighted by molar-refractivity contribution is 6.83. The van der Waals surface area contributed by atoms with Crippen molar-refractivity contribution in [2.24, 2.45) is 0 Å². The van der Waals surface area contributed by atoms with Gasteiger partial charge in [-0.1, -0.05) is 49.8 Å². The van der Waals surface area contributed by atoms with Gasteiger partial charge in [-0.25, -0.2) is 0 Å². The van der Waals surface area contributed by atoms with Gasteiger partial charge in [0.25, 0.3) is 0 Å². The van der Waals surface area contributed by atoms with Crippen LogP contribution in [-0.4, -0.2) is 13.1 Å². The SMILES string of the molecule is Cc1cccc(C=Cc2cccc(C#C[Si](C)(C)C)c2)n1. The van der Waals surface area contributed by atoms with Gasteiger partial charge in [0.1, 0.15) is 8.07 Å². The number of rotatable bonds is 2. The molecule has 0 unspecified atom stereocenters. The van der Waals surface area contributed by atoms with Crippen LogP contribution in [-0.2, 0) is 0 Å². The maximum absolute atomic E-state index is 4.47. The van der Waals surface area contributed by atoms with Crippen molar-refractivity contribution in [3.8, 4) is 11.5 Å². The molecule has 106 valence electrons. The number of pyridine rings is 1. The molecule has 1 heterocycles. The second-order valence-electron chi connectivity index (χ2n) is 6.16. The van der Waals surface area contributed by atoms with Crippen LogP contribution in [0, 0.1) is 18.4 Å². The van der Waals surface area contributed by atoms with E-state index < -0.39 is 8.07 Å². The summed E-state index contributed by atoms with van der Waals surface area (Å²) in [5.74, 6) is 3.29. The van der Waals surface area contributed by atoms with Gasteiger partial charge >= 0.3 is 0 Å². The van der Waals surface area contributed by atoms with E-state index in [-0.39, 0.29) is 0 Å². The average Bonchev–Trinajstić information content (AvgIpc) is 2.43. The molecular weight excluding hydrogens is 270 g/mol. The van der Waals surface area contributed by atoms with E-state index in [2.05, 4.69) is 66.4 Å². The Morgan fingerprint density at radius 3 is 2.48 bits per heavy atom. The highest BCUT2D eigenvalue weighted by Gasteiger charge is 2.07. The number of aryl methyl sites for hydroxylation is 1. The van der Waals surface area contributed by atoms with Gasteiger partial charge in [0.15, 0.2) is 0 Å². The first kappa shape index (κ1) is 15.3. The summed E-state index contributed by atoms with van der Waals surface area (Å²) in [6, 6.07) is 14.4. The monoisotopic (exact) mass is 291 g/mol. The van der Waals surface area contributed by atoms with Gasteiger partial charge in [-0.3, -0.25) is 4.98 Å². The molecule has 0 spiro atoms. The topological polar surface area (TPSA) is 12.9 Å². The van der Waals surface area contributed by atoms with Crippen LogP contribution in [0.2, 0.25) is 19.6 Å². The van der Waals surface area contributed by atoms with E-state index in [1.807, 2.05) is 31.2 Å². The van der Waals surface area contributed by atoms with E-state index in [4.69, 9.17) is 0 Å². The molecule has 0 aliphatic carbocycles. The summed E-state index contributed by atoms with van der Waals surface area (Å²) in [4.78, 5) is 4.47. The van der Waals surface area contributed by atoms with Crippen molar-refractivity contribution in [1.29, 1.82) is 0 Å². The molecule has 0 saturated carbocycles. The van der Waals surface area contributed by atoms with E-state index >= 15 is 0 Å². The summed E-state index contributed by atoms with van der Waals surface area (Å²) < 4.78 is 0. The van der Waals surface area contributed by atoms with Gasteiger partial charge in [0.2, 0.25) is 0 Å². The Bertz CT molecular complexity index is 712. The second kappa shape index (κ2) is 6.56. The predicted octanol–water partition coefficient (Wildman–Crippen LogP) is 4.79. The Hall–Kier alpha value is -2.11. The summed E-state index contributed by atoms with van der Waals surface area (Å²) >= 11 is 0. The van der Waals surface area contributed by atoms with Crippen LogP contribution in [0.3, 0.4) is 0 Å². The average molecular weight is 291 g/mol. The third-order valence-electron chi connectivity index (χ3n) is 2.82. The van der Waals surface area contributed by atoms with E-state index in [0.717, 1.165) is 22.5 Å². The molecule has 0 amide bonds. The van der Waals surface area contributed by atoms with E-state index in [9.17, 15) is 0 Å². The zero-order valence-corrected chi connectivity index (χ0v) is 14.1. The molecule has 21 heavy (non-hydrogen) atoms. The molecule has 0 N–H and O–H groups in total. The van der Waals surface area contributed by atoms with Gasteiger partial charge in [0, 0.05) is 11.3 Å². The smallest absolute Gasteiger partial charge is 0.129 e. The Kier molecular flexibility index (Phi) is 4.77. The fourth-order valence-corrected chi connectivity index (χ4v) is 2.34. The van der Waals surface area contributed by atoms with Crippen molar-refractivity contribution in [1.82, 2.24) is 4.98 Å². The van der Waals surface area contributed by atoms with Crippen molar-refractivity contribution in [3.63, 3.8) is 0 Å². The van der Waals surface area contributed by atoms with E-state index in [0.29, 0.717) is 0 Å². The van der Waals surface area contributed by atoms with Crippen LogP contribution < -0.4 is 0 Å². The van der Waals surface area contributed by atoms with E-state index in [1.165, 1.54) is 0 Å². The molecule has 0 saturated heterocycles. The zero-order chi connectivity index (χ0) is 15.3. The van der Waals surface area contributed by atoms with Gasteiger partial charge < -0.3 is 0 Å². The molecule has 0 fully saturated rings. The Morgan fingerprint density at radius 2 is 1.76 bits per heavy atom. The quantitative estimate of drug-likeness (QED) is 0.572. The lowest BCUT2D eigenvalue weighted by Gasteiger charge is -2.03. The van der Waals surface area contributed by atoms with Crippen LogP contribution in [0.4, 0.5) is 0 Å². The van der Waals surface area contributed by atoms with Crippen molar-refractivity contribution in [2.75, 3.05) is 0 Å². The van der Waals surface area contributed by atoms with Crippen LogP contribution in [0.15, 0.2) is 42.5 Å². The molecular formula is C19H21NSi. The number of aromatic nitrogens is 1. The fraction of sp³-hybridized carbons (Fsp3) is 0.211. The third-order valence-corrected chi connectivity index (χ3v) is 3.70. The van der Waals surface area contributed by atoms with Crippen LogP contribution in [0.1, 0.15) is 22.5 Å². The number of benzene rings is 1. The molecule has 0 atom stereocenters. The maximum Gasteiger partial charge on any atom is 0.129 e. The minimum Gasteiger partial charge on any atom is -0.254 e. The normalized spacial score (nSPS) is 11.2. The number of hydrogen-bond acceptors (Lipinski definition) is 1. The Labute approximate surface area is 128 Å². The van der Waals surface area contributed by atoms with Crippen LogP contribution >= 0.6 is 0 Å². The molecule has 0 bridgehead atoms. The van der Waals surface area contributed by atoms with Crippen molar-refractivity contribution in [3.05, 3.63) is 65.0 Å². The summed E-state index contributed by atoms with van der Waals surface area (Å²) in [7, 11) is -1.32. The zero-order valence-electron chi connectivity index (χ0n) is 13.1. The lowest BCUT2D eigenvalue weighted by atomic mass is 10.1. The Balaban J connectivity index is 2.19. The standard InChI is InChI=1S/C19H21NSi/c1-16-7-5-10-19(20-16)12-11-17-8-6-9-18(15-17)13-14-21(2,3)4/h5-12,15H,1-4H3. The third kappa shape index (κ3) is 5.41. The van der Waals surface area contributed by atoms with Gasteiger partial charge in [-0.05, 0) is 42.8 Å². The fourth-order valence-electron chi connectivity index (χ4n) is 1.82. The second-order valence-corrected chi connectivity index (χ2v) is 10.9. The van der Waals surface area contributed by atoms with Gasteiger partial charge in [-0.2, -0.15) is 0 Å². The Morgan fingerprint density at radius 1 is 1.00 bits per heavy atom. The molecule has 0 aliphatic heterocycles. The number of nitrogens with zero attached hydrogens (tertiary/aromatic N) is 1. The van der Waals surface area contributed by atoms with Gasteiger partial charge in [0.05, 0.1) is 5.69 Å². The molecule has 0 aliphatic rings. The number of hydrogen-bond donors (Lipinski definition) is 0. The highest BCUT2D eigenvalue weighted by atomic mass is 28.3. The largest absolute Gasteiger partial charge is 0.254 e. The van der Waals surface area contributed by atoms with Crippen LogP contribution in [0.25, 0.3) is 12.2 Å². The predicted molar refractivity (Wildman–Crippen MR) is 94.6 cm³/mol. The lowest BCUT2D eigenvalue weighted by molar-refractivity contribution is 1.18. The summed E-state index contributed by atoms with van der Waals surface area (Å²) in [6.45, 7) is 8.78. The molecule has 2 rings (SSSR count). The molecule has 1 aromatic heterocycles. The molecule has 1 nitrogen and oxygen atoms in total. The first-order valence-corrected chi connectivity index (χ1v) is 10.7. The van der Waals surface area contributed by atoms with E-state index in [1.54, 1.807) is 0 Å². The molecule has 2 heteroatoms. The lowest BCUT2D eigenvalue weighted by Crippen LogP contribution is -2.16. The molecule has 1 aromatic carbocycles. The minimum atomic E-state index is -1.32. The van der Waals surface area contributed by atoms with Crippen molar-refractivity contribution < 1.29 is 0 Å². The first-order chi connectivity index (χ1) is 9.92. The summed E-state index contributed by atoms with van der Waals surface area (Å²) in [5, 5.41) is 0. The summed E-state index contributed by atoms with van der Waals surface area (Å²) in [6.07, 6.45) is 4.12. The maximum atomic E-state index is 4.47. The summed E-state index contributed by atoms with van der Waals surface area (Å²) in [5.41, 5.74) is 7.65. The van der Waals surface area contributed by atoms with Crippen LogP contribution in [0.5, 0.6) is 0 Å². The van der Waals surface area contributed by atoms with Crippen molar-refractivity contribution in [2.45, 2.75) is 26.6 Å². The molecule has 2 aromatic rings. The van der Waals surface area contributed by atoms with Crippen molar-refractivity contribution >= 4 is 20.2 Å². The highest BCUT2D eigenvalue weighted by Crippen LogP contribution is 2.10.